The highest BCUT2D eigenvalue weighted by Crippen LogP contribution is 2.29. The first-order chi connectivity index (χ1) is 7.68. The Labute approximate surface area is 103 Å². The minimum Gasteiger partial charge on any atom is -0.378 e. The fourth-order valence-corrected chi connectivity index (χ4v) is 1.60. The van der Waals surface area contributed by atoms with Gasteiger partial charge in [-0.3, -0.25) is 0 Å². The summed E-state index contributed by atoms with van der Waals surface area (Å²) in [5.41, 5.74) is 2.26. The Bertz CT molecular complexity index is 499. The third kappa shape index (κ3) is 2.28. The van der Waals surface area contributed by atoms with Crippen molar-refractivity contribution in [3.05, 3.63) is 39.6 Å². The van der Waals surface area contributed by atoms with Gasteiger partial charge in [0.1, 0.15) is 11.4 Å². The number of aryl methyl sites for hydroxylation is 1. The van der Waals surface area contributed by atoms with Crippen molar-refractivity contribution in [2.75, 3.05) is 5.32 Å². The second kappa shape index (κ2) is 4.72. The van der Waals surface area contributed by atoms with Crippen LogP contribution in [0.5, 0.6) is 0 Å². The van der Waals surface area contributed by atoms with Gasteiger partial charge < -0.3 is 5.32 Å². The van der Waals surface area contributed by atoms with Gasteiger partial charge in [0.15, 0.2) is 0 Å². The molecule has 0 aliphatic rings. The topological polar surface area (TPSA) is 51.0 Å². The van der Waals surface area contributed by atoms with Gasteiger partial charge in [0.25, 0.3) is 0 Å². The van der Waals surface area contributed by atoms with Gasteiger partial charge in [0, 0.05) is 0 Å². The standard InChI is InChI=1S/C10H9Cl2N3O/c1-6-9(15-16-14-6)5-13-8-4-2-3-7(11)10(8)12/h2-4,13H,5H2,1H3. The lowest BCUT2D eigenvalue weighted by molar-refractivity contribution is 0.301. The quantitative estimate of drug-likeness (QED) is 0.917. The number of halogens is 2. The zero-order chi connectivity index (χ0) is 11.5. The summed E-state index contributed by atoms with van der Waals surface area (Å²) in [4.78, 5) is 0. The molecular formula is C10H9Cl2N3O. The molecule has 84 valence electrons. The monoisotopic (exact) mass is 257 g/mol. The van der Waals surface area contributed by atoms with Crippen LogP contribution in [-0.2, 0) is 6.54 Å². The van der Waals surface area contributed by atoms with E-state index in [2.05, 4.69) is 20.3 Å². The summed E-state index contributed by atoms with van der Waals surface area (Å²) >= 11 is 11.9. The zero-order valence-corrected chi connectivity index (χ0v) is 10.0. The molecule has 2 rings (SSSR count). The zero-order valence-electron chi connectivity index (χ0n) is 8.50. The lowest BCUT2D eigenvalue weighted by Gasteiger charge is -2.07. The lowest BCUT2D eigenvalue weighted by atomic mass is 10.3. The first-order valence-electron chi connectivity index (χ1n) is 4.64. The first kappa shape index (κ1) is 11.2. The number of hydrogen-bond donors (Lipinski definition) is 1. The van der Waals surface area contributed by atoms with Gasteiger partial charge in [-0.25, -0.2) is 4.63 Å². The van der Waals surface area contributed by atoms with Crippen LogP contribution in [0.1, 0.15) is 11.4 Å². The van der Waals surface area contributed by atoms with Crippen LogP contribution in [0.3, 0.4) is 0 Å². The average molecular weight is 258 g/mol. The van der Waals surface area contributed by atoms with Gasteiger partial charge in [0.2, 0.25) is 0 Å². The van der Waals surface area contributed by atoms with Crippen LogP contribution < -0.4 is 5.32 Å². The van der Waals surface area contributed by atoms with Gasteiger partial charge in [-0.15, -0.1) is 0 Å². The maximum Gasteiger partial charge on any atom is 0.127 e. The number of nitrogens with zero attached hydrogens (tertiary/aromatic N) is 2. The largest absolute Gasteiger partial charge is 0.378 e. The summed E-state index contributed by atoms with van der Waals surface area (Å²) < 4.78 is 4.59. The maximum absolute atomic E-state index is 6.02. The van der Waals surface area contributed by atoms with E-state index in [-0.39, 0.29) is 0 Å². The van der Waals surface area contributed by atoms with Crippen LogP contribution in [-0.4, -0.2) is 10.3 Å². The third-order valence-corrected chi connectivity index (χ3v) is 2.96. The van der Waals surface area contributed by atoms with Crippen molar-refractivity contribution in [1.82, 2.24) is 10.3 Å². The molecule has 0 atom stereocenters. The summed E-state index contributed by atoms with van der Waals surface area (Å²) in [5, 5.41) is 11.6. The van der Waals surface area contributed by atoms with E-state index in [0.29, 0.717) is 16.6 Å². The Morgan fingerprint density at radius 1 is 1.31 bits per heavy atom. The molecule has 6 heteroatoms. The highest BCUT2D eigenvalue weighted by atomic mass is 35.5. The molecule has 1 aromatic heterocycles. The summed E-state index contributed by atoms with van der Waals surface area (Å²) in [7, 11) is 0. The molecule has 0 amide bonds. The molecule has 0 radical (unpaired) electrons. The molecule has 2 aromatic rings. The van der Waals surface area contributed by atoms with Crippen molar-refractivity contribution >= 4 is 28.9 Å². The first-order valence-corrected chi connectivity index (χ1v) is 5.40. The number of benzene rings is 1. The second-order valence-electron chi connectivity index (χ2n) is 3.25. The summed E-state index contributed by atoms with van der Waals surface area (Å²) in [6.07, 6.45) is 0. The molecule has 0 bridgehead atoms. The van der Waals surface area contributed by atoms with Crippen LogP contribution in [0, 0.1) is 6.92 Å². The number of rotatable bonds is 3. The lowest BCUT2D eigenvalue weighted by Crippen LogP contribution is -2.01. The molecule has 0 fully saturated rings. The Kier molecular flexibility index (Phi) is 3.31. The molecule has 4 nitrogen and oxygen atoms in total. The van der Waals surface area contributed by atoms with Crippen molar-refractivity contribution < 1.29 is 4.63 Å². The number of hydrogen-bond acceptors (Lipinski definition) is 4. The van der Waals surface area contributed by atoms with Crippen LogP contribution in [0.15, 0.2) is 22.8 Å². The highest BCUT2D eigenvalue weighted by molar-refractivity contribution is 6.43. The van der Waals surface area contributed by atoms with Crippen LogP contribution in [0.25, 0.3) is 0 Å². The predicted molar refractivity (Wildman–Crippen MR) is 62.8 cm³/mol. The molecule has 0 aliphatic carbocycles. The van der Waals surface area contributed by atoms with Crippen LogP contribution in [0.2, 0.25) is 10.0 Å². The van der Waals surface area contributed by atoms with E-state index in [1.807, 2.05) is 19.1 Å². The van der Waals surface area contributed by atoms with E-state index >= 15 is 0 Å². The minimum atomic E-state index is 0.495. The minimum absolute atomic E-state index is 0.495. The summed E-state index contributed by atoms with van der Waals surface area (Å²) in [6.45, 7) is 2.32. The van der Waals surface area contributed by atoms with Crippen molar-refractivity contribution in [3.63, 3.8) is 0 Å². The van der Waals surface area contributed by atoms with Crippen LogP contribution >= 0.6 is 23.2 Å². The average Bonchev–Trinajstić information content (AvgIpc) is 2.67. The van der Waals surface area contributed by atoms with E-state index in [1.165, 1.54) is 0 Å². The van der Waals surface area contributed by atoms with E-state index in [9.17, 15) is 0 Å². The van der Waals surface area contributed by atoms with Crippen molar-refractivity contribution in [2.45, 2.75) is 13.5 Å². The Morgan fingerprint density at radius 3 is 2.81 bits per heavy atom. The van der Waals surface area contributed by atoms with Gasteiger partial charge in [-0.1, -0.05) is 39.6 Å². The van der Waals surface area contributed by atoms with Gasteiger partial charge in [-0.2, -0.15) is 0 Å². The molecule has 0 saturated heterocycles. The number of nitrogens with one attached hydrogen (secondary N) is 1. The van der Waals surface area contributed by atoms with Crippen LogP contribution in [0.4, 0.5) is 5.69 Å². The maximum atomic E-state index is 6.02. The Hall–Kier alpha value is -1.26. The second-order valence-corrected chi connectivity index (χ2v) is 4.04. The van der Waals surface area contributed by atoms with E-state index in [0.717, 1.165) is 17.1 Å². The van der Waals surface area contributed by atoms with E-state index in [4.69, 9.17) is 23.2 Å². The predicted octanol–water partition coefficient (Wildman–Crippen LogP) is 3.30. The summed E-state index contributed by atoms with van der Waals surface area (Å²) in [5.74, 6) is 0. The van der Waals surface area contributed by atoms with Gasteiger partial charge in [0.05, 0.1) is 22.3 Å². The molecule has 0 aliphatic heterocycles. The fourth-order valence-electron chi connectivity index (χ4n) is 1.23. The highest BCUT2D eigenvalue weighted by Gasteiger charge is 2.07. The number of aromatic nitrogens is 2. The molecule has 16 heavy (non-hydrogen) atoms. The SMILES string of the molecule is Cc1nonc1CNc1cccc(Cl)c1Cl. The molecule has 0 saturated carbocycles. The smallest absolute Gasteiger partial charge is 0.127 e. The molecular weight excluding hydrogens is 249 g/mol. The molecule has 1 heterocycles. The molecule has 0 spiro atoms. The van der Waals surface area contributed by atoms with Crippen molar-refractivity contribution in [1.29, 1.82) is 0 Å². The number of anilines is 1. The van der Waals surface area contributed by atoms with Gasteiger partial charge in [-0.05, 0) is 19.1 Å². The Morgan fingerprint density at radius 2 is 2.12 bits per heavy atom. The van der Waals surface area contributed by atoms with E-state index in [1.54, 1.807) is 6.07 Å². The Balaban J connectivity index is 2.11. The molecule has 0 unspecified atom stereocenters. The molecule has 1 N–H and O–H groups in total. The van der Waals surface area contributed by atoms with Gasteiger partial charge >= 0.3 is 0 Å². The molecule has 1 aromatic carbocycles. The third-order valence-electron chi connectivity index (χ3n) is 2.14. The van der Waals surface area contributed by atoms with Crippen molar-refractivity contribution in [2.24, 2.45) is 0 Å². The summed E-state index contributed by atoms with van der Waals surface area (Å²) in [6, 6.07) is 5.40. The van der Waals surface area contributed by atoms with E-state index < -0.39 is 0 Å². The normalized spacial score (nSPS) is 10.4. The fraction of sp³-hybridized carbons (Fsp3) is 0.200. The van der Waals surface area contributed by atoms with Crippen molar-refractivity contribution in [3.8, 4) is 0 Å².